The molecule has 7 nitrogen and oxygen atoms in total. The lowest BCUT2D eigenvalue weighted by Crippen LogP contribution is -2.56. The Kier molecular flexibility index (Phi) is 7.92. The van der Waals surface area contributed by atoms with Crippen molar-refractivity contribution < 1.29 is 19.4 Å². The van der Waals surface area contributed by atoms with Gasteiger partial charge in [0.15, 0.2) is 5.11 Å². The zero-order chi connectivity index (χ0) is 21.6. The Morgan fingerprint density at radius 1 is 1.07 bits per heavy atom. The standard InChI is InChI=1S/C18H16Cl3N3O4S/c1-28-13-4-2-3-11(9-13)14(25)23-16(18(19,20)21)24-17(29)22-12-7-5-10(6-8-12)15(26)27/h2-9,16H,1H3,(H,23,25)(H,26,27)(H2,22,24,29). The highest BCUT2D eigenvalue weighted by Gasteiger charge is 2.35. The molecule has 29 heavy (non-hydrogen) atoms. The maximum absolute atomic E-state index is 12.5. The quantitative estimate of drug-likeness (QED) is 0.286. The number of nitrogens with one attached hydrogen (secondary N) is 3. The number of aromatic carboxylic acids is 1. The van der Waals surface area contributed by atoms with Crippen LogP contribution < -0.4 is 20.7 Å². The summed E-state index contributed by atoms with van der Waals surface area (Å²) in [5, 5.41) is 17.1. The van der Waals surface area contributed by atoms with Crippen molar-refractivity contribution in [1.29, 1.82) is 0 Å². The number of carboxylic acids is 1. The minimum Gasteiger partial charge on any atom is -0.497 e. The molecule has 0 saturated carbocycles. The molecule has 0 saturated heterocycles. The van der Waals surface area contributed by atoms with Gasteiger partial charge in [0.05, 0.1) is 12.7 Å². The van der Waals surface area contributed by atoms with E-state index in [2.05, 4.69) is 16.0 Å². The molecule has 0 aliphatic heterocycles. The third-order valence-corrected chi connectivity index (χ3v) is 4.47. The second-order valence-electron chi connectivity index (χ2n) is 5.66. The second kappa shape index (κ2) is 9.98. The van der Waals surface area contributed by atoms with Crippen LogP contribution in [0.15, 0.2) is 48.5 Å². The van der Waals surface area contributed by atoms with E-state index in [0.29, 0.717) is 17.0 Å². The zero-order valence-corrected chi connectivity index (χ0v) is 18.0. The van der Waals surface area contributed by atoms with Crippen LogP contribution >= 0.6 is 47.0 Å². The third kappa shape index (κ3) is 6.93. The zero-order valence-electron chi connectivity index (χ0n) is 14.9. The van der Waals surface area contributed by atoms with Gasteiger partial charge in [-0.05, 0) is 54.7 Å². The summed E-state index contributed by atoms with van der Waals surface area (Å²) in [6.45, 7) is 0. The summed E-state index contributed by atoms with van der Waals surface area (Å²) >= 11 is 23.1. The SMILES string of the molecule is COc1cccc(C(=O)NC(NC(=S)Nc2ccc(C(=O)O)cc2)C(Cl)(Cl)Cl)c1. The van der Waals surface area contributed by atoms with Gasteiger partial charge in [0, 0.05) is 11.3 Å². The molecule has 11 heteroatoms. The number of ether oxygens (including phenoxy) is 1. The minimum absolute atomic E-state index is 0.0512. The number of hydrogen-bond donors (Lipinski definition) is 4. The lowest BCUT2D eigenvalue weighted by atomic mass is 10.2. The average Bonchev–Trinajstić information content (AvgIpc) is 2.67. The number of halogens is 3. The van der Waals surface area contributed by atoms with Crippen LogP contribution in [-0.4, -0.2) is 39.2 Å². The fourth-order valence-corrected chi connectivity index (χ4v) is 2.74. The number of carbonyl (C=O) groups excluding carboxylic acids is 1. The van der Waals surface area contributed by atoms with E-state index in [1.165, 1.54) is 37.4 Å². The molecule has 2 rings (SSSR count). The van der Waals surface area contributed by atoms with E-state index in [1.807, 2.05) is 0 Å². The Balaban J connectivity index is 2.07. The second-order valence-corrected chi connectivity index (χ2v) is 8.44. The van der Waals surface area contributed by atoms with E-state index in [-0.39, 0.29) is 10.7 Å². The molecule has 1 amide bonds. The Labute approximate surface area is 187 Å². The lowest BCUT2D eigenvalue weighted by molar-refractivity contribution is 0.0696. The molecule has 1 unspecified atom stereocenters. The fourth-order valence-electron chi connectivity index (χ4n) is 2.17. The predicted molar refractivity (Wildman–Crippen MR) is 117 cm³/mol. The van der Waals surface area contributed by atoms with Gasteiger partial charge in [-0.25, -0.2) is 4.79 Å². The smallest absolute Gasteiger partial charge is 0.335 e. The maximum atomic E-state index is 12.5. The minimum atomic E-state index is -1.92. The van der Waals surface area contributed by atoms with E-state index in [9.17, 15) is 9.59 Å². The normalized spacial score (nSPS) is 11.9. The highest BCUT2D eigenvalue weighted by Crippen LogP contribution is 2.29. The monoisotopic (exact) mass is 475 g/mol. The van der Waals surface area contributed by atoms with Crippen LogP contribution in [0.2, 0.25) is 0 Å². The van der Waals surface area contributed by atoms with Crippen molar-refractivity contribution in [2.45, 2.75) is 9.96 Å². The molecule has 1 atom stereocenters. The molecule has 0 aliphatic carbocycles. The van der Waals surface area contributed by atoms with Crippen molar-refractivity contribution in [2.75, 3.05) is 12.4 Å². The third-order valence-electron chi connectivity index (χ3n) is 3.60. The van der Waals surface area contributed by atoms with E-state index in [4.69, 9.17) is 56.9 Å². The molecule has 0 fully saturated rings. The summed E-state index contributed by atoms with van der Waals surface area (Å²) in [4.78, 5) is 23.4. The number of thiocarbonyl (C=S) groups is 1. The van der Waals surface area contributed by atoms with Gasteiger partial charge in [0.25, 0.3) is 5.91 Å². The van der Waals surface area contributed by atoms with Crippen LogP contribution in [0, 0.1) is 0 Å². The Morgan fingerprint density at radius 3 is 2.28 bits per heavy atom. The number of amides is 1. The van der Waals surface area contributed by atoms with Gasteiger partial charge in [-0.3, -0.25) is 4.79 Å². The fraction of sp³-hybridized carbons (Fsp3) is 0.167. The van der Waals surface area contributed by atoms with Crippen LogP contribution in [0.1, 0.15) is 20.7 Å². The molecule has 2 aromatic rings. The highest BCUT2D eigenvalue weighted by atomic mass is 35.6. The van der Waals surface area contributed by atoms with Crippen molar-refractivity contribution in [3.05, 3.63) is 59.7 Å². The topological polar surface area (TPSA) is 99.7 Å². The lowest BCUT2D eigenvalue weighted by Gasteiger charge is -2.27. The molecule has 0 spiro atoms. The van der Waals surface area contributed by atoms with Crippen LogP contribution in [0.25, 0.3) is 0 Å². The number of carboxylic acid groups (broad SMARTS) is 1. The van der Waals surface area contributed by atoms with Crippen LogP contribution in [-0.2, 0) is 0 Å². The first kappa shape index (κ1) is 23.0. The predicted octanol–water partition coefficient (Wildman–Crippen LogP) is 3.81. The van der Waals surface area contributed by atoms with Gasteiger partial charge < -0.3 is 25.8 Å². The van der Waals surface area contributed by atoms with Gasteiger partial charge >= 0.3 is 5.97 Å². The van der Waals surface area contributed by atoms with E-state index in [0.717, 1.165) is 0 Å². The Hall–Kier alpha value is -2.26. The van der Waals surface area contributed by atoms with Gasteiger partial charge in [0.1, 0.15) is 11.9 Å². The highest BCUT2D eigenvalue weighted by molar-refractivity contribution is 7.80. The Morgan fingerprint density at radius 2 is 1.72 bits per heavy atom. The Bertz CT molecular complexity index is 904. The number of rotatable bonds is 6. The summed E-state index contributed by atoms with van der Waals surface area (Å²) in [7, 11) is 1.48. The molecular formula is C18H16Cl3N3O4S. The first-order chi connectivity index (χ1) is 13.6. The summed E-state index contributed by atoms with van der Waals surface area (Å²) in [6.07, 6.45) is -1.16. The number of methoxy groups -OCH3 is 1. The summed E-state index contributed by atoms with van der Waals surface area (Å²) in [5.74, 6) is -1.06. The maximum Gasteiger partial charge on any atom is 0.335 e. The van der Waals surface area contributed by atoms with Crippen LogP contribution in [0.5, 0.6) is 5.75 Å². The van der Waals surface area contributed by atoms with Crippen LogP contribution in [0.4, 0.5) is 5.69 Å². The van der Waals surface area contributed by atoms with Gasteiger partial charge in [-0.1, -0.05) is 40.9 Å². The van der Waals surface area contributed by atoms with Gasteiger partial charge in [-0.2, -0.15) is 0 Å². The molecule has 0 aromatic heterocycles. The summed E-state index contributed by atoms with van der Waals surface area (Å²) < 4.78 is 3.17. The van der Waals surface area contributed by atoms with E-state index < -0.39 is 21.8 Å². The van der Waals surface area contributed by atoms with E-state index >= 15 is 0 Å². The molecule has 0 aliphatic rings. The molecule has 0 heterocycles. The van der Waals surface area contributed by atoms with Crippen molar-refractivity contribution in [1.82, 2.24) is 10.6 Å². The van der Waals surface area contributed by atoms with E-state index in [1.54, 1.807) is 18.2 Å². The summed E-state index contributed by atoms with van der Waals surface area (Å²) in [5.41, 5.74) is 0.933. The summed E-state index contributed by atoms with van der Waals surface area (Å²) in [6, 6.07) is 12.3. The number of benzene rings is 2. The van der Waals surface area contributed by atoms with Gasteiger partial charge in [-0.15, -0.1) is 0 Å². The van der Waals surface area contributed by atoms with Crippen molar-refractivity contribution in [3.8, 4) is 5.75 Å². The molecule has 0 radical (unpaired) electrons. The number of alkyl halides is 3. The van der Waals surface area contributed by atoms with Crippen molar-refractivity contribution >= 4 is 69.7 Å². The van der Waals surface area contributed by atoms with Gasteiger partial charge in [0.2, 0.25) is 3.79 Å². The number of carbonyl (C=O) groups is 2. The first-order valence-electron chi connectivity index (χ1n) is 8.02. The molecule has 154 valence electrons. The molecule has 2 aromatic carbocycles. The average molecular weight is 477 g/mol. The van der Waals surface area contributed by atoms with Crippen molar-refractivity contribution in [2.24, 2.45) is 0 Å². The molecule has 4 N–H and O–H groups in total. The molecule has 0 bridgehead atoms. The van der Waals surface area contributed by atoms with Crippen LogP contribution in [0.3, 0.4) is 0 Å². The molecular weight excluding hydrogens is 461 g/mol. The first-order valence-corrected chi connectivity index (χ1v) is 9.57. The van der Waals surface area contributed by atoms with Crippen molar-refractivity contribution in [3.63, 3.8) is 0 Å². The largest absolute Gasteiger partial charge is 0.497 e. The number of hydrogen-bond acceptors (Lipinski definition) is 4. The number of anilines is 1.